The van der Waals surface area contributed by atoms with Crippen molar-refractivity contribution in [2.45, 2.75) is 19.8 Å². The van der Waals surface area contributed by atoms with Crippen LogP contribution in [-0.4, -0.2) is 15.2 Å². The van der Waals surface area contributed by atoms with Crippen LogP contribution in [0.5, 0.6) is 0 Å². The van der Waals surface area contributed by atoms with Gasteiger partial charge in [0, 0.05) is 10.7 Å². The van der Waals surface area contributed by atoms with Crippen LogP contribution < -0.4 is 0 Å². The van der Waals surface area contributed by atoms with Gasteiger partial charge >= 0.3 is 0 Å². The fourth-order valence-corrected chi connectivity index (χ4v) is 1.86. The lowest BCUT2D eigenvalue weighted by atomic mass is 10.1. The van der Waals surface area contributed by atoms with Gasteiger partial charge in [-0.3, -0.25) is 5.10 Å². The summed E-state index contributed by atoms with van der Waals surface area (Å²) in [6, 6.07) is 1.93. The van der Waals surface area contributed by atoms with E-state index in [0.717, 1.165) is 21.2 Å². The van der Waals surface area contributed by atoms with Crippen molar-refractivity contribution in [1.29, 1.82) is 0 Å². The highest BCUT2D eigenvalue weighted by Gasteiger charge is 2.12. The summed E-state index contributed by atoms with van der Waals surface area (Å²) >= 11 is 3.50. The molecule has 0 fully saturated rings. The number of halogens is 1. The average molecular weight is 240 g/mol. The van der Waals surface area contributed by atoms with Crippen molar-refractivity contribution in [3.05, 3.63) is 22.4 Å². The number of nitrogens with zero attached hydrogens (tertiary/aromatic N) is 2. The van der Waals surface area contributed by atoms with Crippen LogP contribution in [0.25, 0.3) is 11.0 Å². The number of nitrogens with one attached hydrogen (secondary N) is 1. The van der Waals surface area contributed by atoms with E-state index in [2.05, 4.69) is 45.0 Å². The second-order valence-corrected chi connectivity index (χ2v) is 4.13. The van der Waals surface area contributed by atoms with Crippen molar-refractivity contribution >= 4 is 27.0 Å². The Hall–Kier alpha value is -0.900. The molecule has 3 nitrogen and oxygen atoms in total. The Balaban J connectivity index is 2.79. The van der Waals surface area contributed by atoms with Gasteiger partial charge in [0.15, 0.2) is 5.65 Å². The van der Waals surface area contributed by atoms with Gasteiger partial charge in [0.25, 0.3) is 0 Å². The molecule has 4 heteroatoms. The summed E-state index contributed by atoms with van der Waals surface area (Å²) in [7, 11) is 0. The molecule has 0 saturated carbocycles. The highest BCUT2D eigenvalue weighted by atomic mass is 79.9. The molecule has 0 saturated heterocycles. The van der Waals surface area contributed by atoms with Crippen LogP contribution in [-0.2, 0) is 0 Å². The maximum Gasteiger partial charge on any atom is 0.156 e. The fourth-order valence-electron chi connectivity index (χ4n) is 1.35. The monoisotopic (exact) mass is 239 g/mol. The zero-order valence-corrected chi connectivity index (χ0v) is 9.09. The number of hydrogen-bond donors (Lipinski definition) is 1. The highest BCUT2D eigenvalue weighted by Crippen LogP contribution is 2.27. The molecule has 0 spiro atoms. The smallest absolute Gasteiger partial charge is 0.156 e. The average Bonchev–Trinajstić information content (AvgIpc) is 2.49. The van der Waals surface area contributed by atoms with Gasteiger partial charge in [-0.1, -0.05) is 13.8 Å². The van der Waals surface area contributed by atoms with E-state index in [1.807, 2.05) is 6.07 Å². The van der Waals surface area contributed by atoms with Gasteiger partial charge in [-0.2, -0.15) is 5.10 Å². The van der Waals surface area contributed by atoms with Gasteiger partial charge in [0.05, 0.1) is 11.1 Å². The van der Waals surface area contributed by atoms with E-state index in [0.29, 0.717) is 5.92 Å². The van der Waals surface area contributed by atoms with Crippen LogP contribution in [0, 0.1) is 0 Å². The van der Waals surface area contributed by atoms with Gasteiger partial charge < -0.3 is 0 Å². The first-order valence-corrected chi connectivity index (χ1v) is 4.98. The lowest BCUT2D eigenvalue weighted by molar-refractivity contribution is 0.817. The molecule has 0 atom stereocenters. The van der Waals surface area contributed by atoms with Gasteiger partial charge in [0.1, 0.15) is 0 Å². The van der Waals surface area contributed by atoms with Crippen LogP contribution in [0.2, 0.25) is 0 Å². The summed E-state index contributed by atoms with van der Waals surface area (Å²) in [5.41, 5.74) is 1.91. The minimum absolute atomic E-state index is 0.411. The zero-order valence-electron chi connectivity index (χ0n) is 7.50. The Morgan fingerprint density at radius 1 is 1.46 bits per heavy atom. The van der Waals surface area contributed by atoms with Crippen molar-refractivity contribution in [3.63, 3.8) is 0 Å². The maximum atomic E-state index is 4.24. The van der Waals surface area contributed by atoms with Crippen LogP contribution >= 0.6 is 15.9 Å². The Bertz CT molecular complexity index is 433. The molecular formula is C9H10BrN3. The summed E-state index contributed by atoms with van der Waals surface area (Å²) in [6.45, 7) is 4.24. The Kier molecular flexibility index (Phi) is 2.07. The van der Waals surface area contributed by atoms with E-state index < -0.39 is 0 Å². The van der Waals surface area contributed by atoms with Crippen LogP contribution in [0.4, 0.5) is 0 Å². The first-order chi connectivity index (χ1) is 6.20. The first-order valence-electron chi connectivity index (χ1n) is 4.18. The third-order valence-corrected chi connectivity index (χ3v) is 2.65. The van der Waals surface area contributed by atoms with Crippen molar-refractivity contribution in [3.8, 4) is 0 Å². The lowest BCUT2D eigenvalue weighted by Crippen LogP contribution is -1.88. The molecule has 2 rings (SSSR count). The molecule has 0 aliphatic carbocycles. The molecule has 0 bridgehead atoms. The molecule has 68 valence electrons. The molecule has 13 heavy (non-hydrogen) atoms. The second kappa shape index (κ2) is 3.10. The molecule has 0 aliphatic rings. The topological polar surface area (TPSA) is 41.6 Å². The van der Waals surface area contributed by atoms with Gasteiger partial charge in [-0.15, -0.1) is 0 Å². The minimum Gasteiger partial charge on any atom is -0.260 e. The van der Waals surface area contributed by atoms with Crippen molar-refractivity contribution in [1.82, 2.24) is 15.2 Å². The van der Waals surface area contributed by atoms with E-state index in [-0.39, 0.29) is 0 Å². The summed E-state index contributed by atoms with van der Waals surface area (Å²) in [5, 5.41) is 8.25. The molecule has 0 aromatic carbocycles. The fraction of sp³-hybridized carbons (Fsp3) is 0.333. The third-order valence-electron chi connectivity index (χ3n) is 1.99. The van der Waals surface area contributed by atoms with Crippen molar-refractivity contribution < 1.29 is 0 Å². The highest BCUT2D eigenvalue weighted by molar-refractivity contribution is 9.10. The van der Waals surface area contributed by atoms with E-state index in [1.54, 1.807) is 6.20 Å². The zero-order chi connectivity index (χ0) is 9.42. The standard InChI is InChI=1S/C9H10BrN3/c1-5(2)8-7-6(10)3-4-11-9(7)13-12-8/h3-5H,1-2H3,(H,11,12,13). The molecule has 0 aliphatic heterocycles. The van der Waals surface area contributed by atoms with Crippen LogP contribution in [0.1, 0.15) is 25.5 Å². The lowest BCUT2D eigenvalue weighted by Gasteiger charge is -2.00. The summed E-state index contributed by atoms with van der Waals surface area (Å²) < 4.78 is 1.05. The van der Waals surface area contributed by atoms with Gasteiger partial charge in [0.2, 0.25) is 0 Å². The van der Waals surface area contributed by atoms with E-state index in [1.165, 1.54) is 0 Å². The maximum absolute atomic E-state index is 4.24. The molecule has 0 amide bonds. The van der Waals surface area contributed by atoms with Crippen LogP contribution in [0.15, 0.2) is 16.7 Å². The Morgan fingerprint density at radius 2 is 2.23 bits per heavy atom. The Morgan fingerprint density at radius 3 is 2.92 bits per heavy atom. The van der Waals surface area contributed by atoms with Crippen LogP contribution in [0.3, 0.4) is 0 Å². The number of hydrogen-bond acceptors (Lipinski definition) is 2. The summed E-state index contributed by atoms with van der Waals surface area (Å²) in [5.74, 6) is 0.411. The normalized spacial score (nSPS) is 11.4. The minimum atomic E-state index is 0.411. The predicted molar refractivity (Wildman–Crippen MR) is 55.7 cm³/mol. The number of aromatic nitrogens is 3. The predicted octanol–water partition coefficient (Wildman–Crippen LogP) is 2.84. The summed E-state index contributed by atoms with van der Waals surface area (Å²) in [6.07, 6.45) is 1.76. The molecule has 2 aromatic heterocycles. The van der Waals surface area contributed by atoms with Gasteiger partial charge in [-0.25, -0.2) is 4.98 Å². The number of pyridine rings is 1. The summed E-state index contributed by atoms with van der Waals surface area (Å²) in [4.78, 5) is 4.20. The quantitative estimate of drug-likeness (QED) is 0.832. The second-order valence-electron chi connectivity index (χ2n) is 3.28. The first kappa shape index (κ1) is 8.69. The van der Waals surface area contributed by atoms with Crippen molar-refractivity contribution in [2.24, 2.45) is 0 Å². The number of aromatic amines is 1. The molecule has 2 aromatic rings. The number of fused-ring (bicyclic) bond motifs is 1. The SMILES string of the molecule is CC(C)c1n[nH]c2nccc(Br)c12. The van der Waals surface area contributed by atoms with E-state index >= 15 is 0 Å². The molecule has 1 N–H and O–H groups in total. The van der Waals surface area contributed by atoms with Crippen molar-refractivity contribution in [2.75, 3.05) is 0 Å². The van der Waals surface area contributed by atoms with E-state index in [9.17, 15) is 0 Å². The largest absolute Gasteiger partial charge is 0.260 e. The molecule has 0 unspecified atom stereocenters. The Labute approximate surface area is 84.7 Å². The van der Waals surface area contributed by atoms with Gasteiger partial charge in [-0.05, 0) is 27.9 Å². The molecular weight excluding hydrogens is 230 g/mol. The number of rotatable bonds is 1. The molecule has 0 radical (unpaired) electrons. The van der Waals surface area contributed by atoms with E-state index in [4.69, 9.17) is 0 Å². The molecule has 2 heterocycles. The third kappa shape index (κ3) is 1.35. The number of H-pyrrole nitrogens is 1.